The van der Waals surface area contributed by atoms with Gasteiger partial charge < -0.3 is 4.42 Å². The summed E-state index contributed by atoms with van der Waals surface area (Å²) in [6.07, 6.45) is -2.85. The van der Waals surface area contributed by atoms with Gasteiger partial charge in [-0.1, -0.05) is 12.1 Å². The van der Waals surface area contributed by atoms with Crippen LogP contribution in [0, 0.1) is 6.92 Å². The largest absolute Gasteiger partial charge is 0.437 e. The number of aromatic nitrogens is 2. The fourth-order valence-corrected chi connectivity index (χ4v) is 3.21. The molecule has 0 fully saturated rings. The molecule has 0 N–H and O–H groups in total. The number of para-hydroxylation sites is 1. The summed E-state index contributed by atoms with van der Waals surface area (Å²) >= 11 is 0. The Morgan fingerprint density at radius 3 is 2.54 bits per heavy atom. The summed E-state index contributed by atoms with van der Waals surface area (Å²) in [5, 5.41) is 1.79. The smallest absolute Gasteiger partial charge is 0.412 e. The fourth-order valence-electron chi connectivity index (χ4n) is 3.21. The molecule has 28 heavy (non-hydrogen) atoms. The molecule has 0 atom stereocenters. The Bertz CT molecular complexity index is 1240. The molecule has 1 aromatic carbocycles. The van der Waals surface area contributed by atoms with Gasteiger partial charge in [-0.2, -0.15) is 13.2 Å². The molecular weight excluding hydrogens is 365 g/mol. The molecule has 0 unspecified atom stereocenters. The van der Waals surface area contributed by atoms with Crippen molar-refractivity contribution >= 4 is 27.6 Å². The van der Waals surface area contributed by atoms with E-state index in [0.29, 0.717) is 28.1 Å². The van der Waals surface area contributed by atoms with Gasteiger partial charge in [0, 0.05) is 33.8 Å². The van der Waals surface area contributed by atoms with Gasteiger partial charge in [0.1, 0.15) is 5.58 Å². The van der Waals surface area contributed by atoms with Crippen molar-refractivity contribution in [3.63, 3.8) is 0 Å². The molecule has 0 amide bonds. The Morgan fingerprint density at radius 2 is 1.79 bits per heavy atom. The highest BCUT2D eigenvalue weighted by atomic mass is 19.4. The first-order chi connectivity index (χ1) is 13.3. The zero-order valence-electron chi connectivity index (χ0n) is 15.6. The van der Waals surface area contributed by atoms with Crippen LogP contribution in [0.15, 0.2) is 58.7 Å². The third-order valence-electron chi connectivity index (χ3n) is 4.96. The van der Waals surface area contributed by atoms with Crippen LogP contribution >= 0.6 is 0 Å². The number of hydrogen-bond donors (Lipinski definition) is 0. The first-order valence-electron chi connectivity index (χ1n) is 8.76. The van der Waals surface area contributed by atoms with Crippen molar-refractivity contribution in [1.29, 1.82) is 0 Å². The molecule has 3 nitrogen and oxygen atoms in total. The molecule has 0 radical (unpaired) electrons. The molecule has 0 saturated carbocycles. The predicted octanol–water partition coefficient (Wildman–Crippen LogP) is 6.71. The minimum Gasteiger partial charge on any atom is -0.437 e. The van der Waals surface area contributed by atoms with Crippen molar-refractivity contribution in [2.24, 2.45) is 0 Å². The average Bonchev–Trinajstić information content (AvgIpc) is 3.03. The van der Waals surface area contributed by atoms with Gasteiger partial charge in [0.05, 0.1) is 5.69 Å². The summed E-state index contributed by atoms with van der Waals surface area (Å²) < 4.78 is 45.2. The van der Waals surface area contributed by atoms with E-state index < -0.39 is 11.7 Å². The number of allylic oxidation sites excluding steroid dienone is 2. The van der Waals surface area contributed by atoms with E-state index in [2.05, 4.69) is 9.97 Å². The predicted molar refractivity (Wildman–Crippen MR) is 104 cm³/mol. The van der Waals surface area contributed by atoms with Gasteiger partial charge in [0.15, 0.2) is 0 Å². The molecule has 0 bridgehead atoms. The Balaban J connectivity index is 1.91. The number of nitrogens with zero attached hydrogens (tertiary/aromatic N) is 2. The number of rotatable bonds is 2. The number of hydrogen-bond acceptors (Lipinski definition) is 3. The van der Waals surface area contributed by atoms with Crippen LogP contribution in [0.3, 0.4) is 0 Å². The van der Waals surface area contributed by atoms with E-state index in [4.69, 9.17) is 4.42 Å². The Labute approximate surface area is 159 Å². The maximum Gasteiger partial charge on any atom is 0.412 e. The summed E-state index contributed by atoms with van der Waals surface area (Å²) in [6.45, 7) is 4.44. The van der Waals surface area contributed by atoms with Crippen LogP contribution in [0.5, 0.6) is 0 Å². The lowest BCUT2D eigenvalue weighted by atomic mass is 10.00. The molecular formula is C22H17F3N2O. The van der Waals surface area contributed by atoms with Gasteiger partial charge in [-0.05, 0) is 62.2 Å². The Morgan fingerprint density at radius 1 is 1.00 bits per heavy atom. The SMILES string of the molecule is C/C(=C(/C)C(F)(F)F)c1ccnc(-c2cccc3c2oc2nc(C)ccc23)c1. The van der Waals surface area contributed by atoms with Crippen molar-refractivity contribution in [3.05, 3.63) is 65.5 Å². The second kappa shape index (κ2) is 6.48. The number of pyridine rings is 2. The Hall–Kier alpha value is -3.15. The van der Waals surface area contributed by atoms with E-state index in [0.717, 1.165) is 23.4 Å². The quantitative estimate of drug-likeness (QED) is 0.387. The number of alkyl halides is 3. The second-order valence-electron chi connectivity index (χ2n) is 6.77. The van der Waals surface area contributed by atoms with Crippen LogP contribution in [-0.2, 0) is 0 Å². The van der Waals surface area contributed by atoms with Gasteiger partial charge in [0.2, 0.25) is 5.71 Å². The zero-order valence-corrected chi connectivity index (χ0v) is 15.6. The summed E-state index contributed by atoms with van der Waals surface area (Å²) in [7, 11) is 0. The molecule has 4 rings (SSSR count). The van der Waals surface area contributed by atoms with Gasteiger partial charge in [0.25, 0.3) is 0 Å². The summed E-state index contributed by atoms with van der Waals surface area (Å²) in [5.74, 6) is 0. The second-order valence-corrected chi connectivity index (χ2v) is 6.77. The molecule has 0 aliphatic heterocycles. The minimum atomic E-state index is -4.37. The van der Waals surface area contributed by atoms with Crippen LogP contribution in [0.2, 0.25) is 0 Å². The highest BCUT2D eigenvalue weighted by Gasteiger charge is 2.32. The van der Waals surface area contributed by atoms with Crippen molar-refractivity contribution in [2.45, 2.75) is 26.9 Å². The molecule has 3 aromatic heterocycles. The normalized spacial score (nSPS) is 13.2. The maximum absolute atomic E-state index is 13.1. The van der Waals surface area contributed by atoms with E-state index in [9.17, 15) is 13.2 Å². The highest BCUT2D eigenvalue weighted by Crippen LogP contribution is 2.36. The van der Waals surface area contributed by atoms with Gasteiger partial charge >= 0.3 is 6.18 Å². The van der Waals surface area contributed by atoms with E-state index >= 15 is 0 Å². The average molecular weight is 382 g/mol. The fraction of sp³-hybridized carbons (Fsp3) is 0.182. The van der Waals surface area contributed by atoms with Crippen LogP contribution < -0.4 is 0 Å². The molecule has 0 aliphatic carbocycles. The Kier molecular flexibility index (Phi) is 4.22. The summed E-state index contributed by atoms with van der Waals surface area (Å²) in [6, 6.07) is 12.8. The van der Waals surface area contributed by atoms with Crippen LogP contribution in [0.1, 0.15) is 25.1 Å². The van der Waals surface area contributed by atoms with Crippen LogP contribution in [-0.4, -0.2) is 16.1 Å². The molecule has 142 valence electrons. The third kappa shape index (κ3) is 3.05. The van der Waals surface area contributed by atoms with Gasteiger partial charge in [-0.15, -0.1) is 0 Å². The topological polar surface area (TPSA) is 38.9 Å². The lowest BCUT2D eigenvalue weighted by molar-refractivity contribution is -0.0907. The third-order valence-corrected chi connectivity index (χ3v) is 4.96. The summed E-state index contributed by atoms with van der Waals surface area (Å²) in [5.41, 5.74) is 3.28. The van der Waals surface area contributed by atoms with E-state index in [1.165, 1.54) is 13.1 Å². The number of benzene rings is 1. The number of furan rings is 1. The molecule has 3 heterocycles. The molecule has 0 spiro atoms. The standard InChI is InChI=1S/C22H17F3N2O/c1-12-7-8-17-16-5-4-6-18(20(16)28-21(17)27-12)19-11-15(9-10-26-19)13(2)14(3)22(23,24)25/h4-11H,1-3H3/b14-13+. The number of halogens is 3. The molecule has 6 heteroatoms. The monoisotopic (exact) mass is 382 g/mol. The minimum absolute atomic E-state index is 0.172. The molecule has 4 aromatic rings. The van der Waals surface area contributed by atoms with Crippen LogP contribution in [0.4, 0.5) is 13.2 Å². The highest BCUT2D eigenvalue weighted by molar-refractivity contribution is 6.08. The maximum atomic E-state index is 13.1. The van der Waals surface area contributed by atoms with E-state index in [1.54, 1.807) is 12.1 Å². The van der Waals surface area contributed by atoms with E-state index in [1.807, 2.05) is 37.3 Å². The van der Waals surface area contributed by atoms with Crippen molar-refractivity contribution < 1.29 is 17.6 Å². The summed E-state index contributed by atoms with van der Waals surface area (Å²) in [4.78, 5) is 8.79. The zero-order chi connectivity index (χ0) is 20.1. The van der Waals surface area contributed by atoms with Crippen molar-refractivity contribution in [1.82, 2.24) is 9.97 Å². The van der Waals surface area contributed by atoms with E-state index in [-0.39, 0.29) is 5.57 Å². The van der Waals surface area contributed by atoms with Gasteiger partial charge in [-0.3, -0.25) is 4.98 Å². The first kappa shape index (κ1) is 18.2. The molecule has 0 saturated heterocycles. The van der Waals surface area contributed by atoms with Crippen molar-refractivity contribution in [3.8, 4) is 11.3 Å². The number of fused-ring (bicyclic) bond motifs is 3. The lowest BCUT2D eigenvalue weighted by Gasteiger charge is -2.12. The first-order valence-corrected chi connectivity index (χ1v) is 8.76. The van der Waals surface area contributed by atoms with Gasteiger partial charge in [-0.25, -0.2) is 4.98 Å². The number of aryl methyl sites for hydroxylation is 1. The molecule has 0 aliphatic rings. The lowest BCUT2D eigenvalue weighted by Crippen LogP contribution is -2.10. The van der Waals surface area contributed by atoms with Crippen LogP contribution in [0.25, 0.3) is 38.9 Å². The van der Waals surface area contributed by atoms with Crippen molar-refractivity contribution in [2.75, 3.05) is 0 Å².